The van der Waals surface area contributed by atoms with Crippen LogP contribution in [0.15, 0.2) is 84.1 Å². The molecule has 1 aliphatic rings. The first-order valence-corrected chi connectivity index (χ1v) is 11.5. The highest BCUT2D eigenvalue weighted by atomic mass is 28.3. The van der Waals surface area contributed by atoms with Crippen molar-refractivity contribution in [2.75, 3.05) is 0 Å². The zero-order valence-corrected chi connectivity index (χ0v) is 17.4. The van der Waals surface area contributed by atoms with E-state index in [0.717, 1.165) is 0 Å². The van der Waals surface area contributed by atoms with E-state index >= 15 is 0 Å². The fraction of sp³-hybridized carbons (Fsp3) is 0.333. The molecule has 0 amide bonds. The van der Waals surface area contributed by atoms with Crippen LogP contribution in [0.2, 0.25) is 5.04 Å². The lowest BCUT2D eigenvalue weighted by atomic mass is 10.1. The number of allylic oxidation sites excluding steroid dienone is 1. The molecule has 0 spiro atoms. The summed E-state index contributed by atoms with van der Waals surface area (Å²) in [5.41, 5.74) is 1.25. The molecule has 3 rings (SSSR count). The van der Waals surface area contributed by atoms with E-state index in [1.54, 1.807) is 0 Å². The van der Waals surface area contributed by atoms with Gasteiger partial charge in [-0.3, -0.25) is 0 Å². The third-order valence-electron chi connectivity index (χ3n) is 5.88. The molecule has 1 nitrogen and oxygen atoms in total. The summed E-state index contributed by atoms with van der Waals surface area (Å²) in [6, 6.07) is 21.8. The fourth-order valence-corrected chi connectivity index (χ4v) is 10.3. The number of hydrogen-bond donors (Lipinski definition) is 1. The van der Waals surface area contributed by atoms with Crippen molar-refractivity contribution in [3.63, 3.8) is 0 Å². The van der Waals surface area contributed by atoms with E-state index in [1.807, 2.05) is 0 Å². The summed E-state index contributed by atoms with van der Waals surface area (Å²) >= 11 is 0. The van der Waals surface area contributed by atoms with Crippen LogP contribution in [0.25, 0.3) is 0 Å². The van der Waals surface area contributed by atoms with Crippen molar-refractivity contribution in [3.05, 3.63) is 84.1 Å². The molecule has 2 atom stereocenters. The van der Waals surface area contributed by atoms with Crippen LogP contribution in [0.3, 0.4) is 0 Å². The molecule has 0 bridgehead atoms. The lowest BCUT2D eigenvalue weighted by molar-refractivity contribution is 0.150. The van der Waals surface area contributed by atoms with E-state index in [-0.39, 0.29) is 17.1 Å². The van der Waals surface area contributed by atoms with Crippen molar-refractivity contribution in [1.29, 1.82) is 0 Å². The van der Waals surface area contributed by atoms with Crippen LogP contribution in [0.4, 0.5) is 0 Å². The Bertz CT molecular complexity index is 760. The maximum atomic E-state index is 10.3. The number of hydrogen-bond acceptors (Lipinski definition) is 1. The second-order valence-electron chi connectivity index (χ2n) is 8.53. The average Bonchev–Trinajstić information content (AvgIpc) is 2.95. The first kappa shape index (κ1) is 18.9. The molecule has 1 N–H and O–H groups in total. The molecule has 2 aromatic rings. The van der Waals surface area contributed by atoms with E-state index in [1.165, 1.54) is 21.1 Å². The fourth-order valence-electron chi connectivity index (χ4n) is 4.58. The summed E-state index contributed by atoms with van der Waals surface area (Å²) in [7, 11) is -2.35. The van der Waals surface area contributed by atoms with Crippen molar-refractivity contribution in [2.45, 2.75) is 45.3 Å². The molecule has 0 saturated carbocycles. The van der Waals surface area contributed by atoms with Gasteiger partial charge in [-0.25, -0.2) is 0 Å². The molecule has 2 heteroatoms. The molecule has 0 fully saturated rings. The molecular weight excluding hydrogens is 332 g/mol. The Labute approximate surface area is 159 Å². The van der Waals surface area contributed by atoms with Crippen LogP contribution in [0.5, 0.6) is 0 Å². The standard InChI is InChI=1S/C24H30OSi/c1-18-16-20(17-23(18)25)19(2)26(24(3,4)5,21-12-8-6-9-13-21)22-14-10-7-11-15-22/h6-16,18,23,25H,2,17H2,1,3-5H3/t18-,23-/m0/s1. The van der Waals surface area contributed by atoms with E-state index in [2.05, 4.69) is 101 Å². The zero-order chi connectivity index (χ0) is 18.9. The van der Waals surface area contributed by atoms with Crippen molar-refractivity contribution in [2.24, 2.45) is 5.92 Å². The third-order valence-corrected chi connectivity index (χ3v) is 11.8. The summed E-state index contributed by atoms with van der Waals surface area (Å²) in [5, 5.41) is 14.4. The molecule has 26 heavy (non-hydrogen) atoms. The van der Waals surface area contributed by atoms with Crippen LogP contribution in [-0.2, 0) is 0 Å². The topological polar surface area (TPSA) is 20.2 Å². The Morgan fingerprint density at radius 2 is 1.42 bits per heavy atom. The predicted molar refractivity (Wildman–Crippen MR) is 115 cm³/mol. The van der Waals surface area contributed by atoms with Crippen LogP contribution in [-0.4, -0.2) is 19.3 Å². The monoisotopic (exact) mass is 362 g/mol. The highest BCUT2D eigenvalue weighted by Gasteiger charge is 2.51. The molecule has 0 aromatic heterocycles. The minimum absolute atomic E-state index is 0.0460. The molecule has 0 radical (unpaired) electrons. The van der Waals surface area contributed by atoms with Gasteiger partial charge in [-0.1, -0.05) is 106 Å². The molecule has 0 saturated heterocycles. The Kier molecular flexibility index (Phi) is 5.09. The summed E-state index contributed by atoms with van der Waals surface area (Å²) < 4.78 is 0. The van der Waals surface area contributed by atoms with Gasteiger partial charge in [0.05, 0.1) is 6.10 Å². The highest BCUT2D eigenvalue weighted by molar-refractivity contribution is 7.09. The molecule has 2 aromatic carbocycles. The minimum Gasteiger partial charge on any atom is -0.392 e. The normalized spacial score (nSPS) is 20.7. The first-order chi connectivity index (χ1) is 12.3. The summed E-state index contributed by atoms with van der Waals surface area (Å²) in [4.78, 5) is 0. The molecule has 0 aliphatic heterocycles. The lowest BCUT2D eigenvalue weighted by Crippen LogP contribution is -2.66. The van der Waals surface area contributed by atoms with Gasteiger partial charge in [-0.15, -0.1) is 0 Å². The van der Waals surface area contributed by atoms with Crippen molar-refractivity contribution >= 4 is 18.4 Å². The number of aliphatic hydroxyl groups excluding tert-OH is 1. The Hall–Kier alpha value is -1.90. The smallest absolute Gasteiger partial charge is 0.153 e. The quantitative estimate of drug-likeness (QED) is 0.796. The summed E-state index contributed by atoms with van der Waals surface area (Å²) in [6.07, 6.45) is 2.66. The van der Waals surface area contributed by atoms with E-state index in [9.17, 15) is 5.11 Å². The van der Waals surface area contributed by atoms with E-state index < -0.39 is 8.07 Å². The Morgan fingerprint density at radius 3 is 1.77 bits per heavy atom. The largest absolute Gasteiger partial charge is 0.392 e. The number of rotatable bonds is 4. The Morgan fingerprint density at radius 1 is 0.962 bits per heavy atom. The third kappa shape index (κ3) is 3.02. The van der Waals surface area contributed by atoms with Crippen molar-refractivity contribution < 1.29 is 5.11 Å². The van der Waals surface area contributed by atoms with Gasteiger partial charge in [0, 0.05) is 5.92 Å². The van der Waals surface area contributed by atoms with Gasteiger partial charge >= 0.3 is 0 Å². The SMILES string of the molecule is C=C(C1=C[C@H](C)[C@@H](O)C1)[Si](c1ccccc1)(c1ccccc1)C(C)(C)C. The molecular formula is C24H30OSi. The summed E-state index contributed by atoms with van der Waals surface area (Å²) in [6.45, 7) is 13.8. The van der Waals surface area contributed by atoms with Gasteiger partial charge in [0.2, 0.25) is 0 Å². The average molecular weight is 363 g/mol. The molecule has 0 unspecified atom stereocenters. The van der Waals surface area contributed by atoms with Gasteiger partial charge in [0.15, 0.2) is 8.07 Å². The van der Waals surface area contributed by atoms with Gasteiger partial charge in [-0.05, 0) is 27.4 Å². The molecule has 1 aliphatic carbocycles. The van der Waals surface area contributed by atoms with Gasteiger partial charge in [0.1, 0.15) is 0 Å². The number of benzene rings is 2. The molecule has 136 valence electrons. The first-order valence-electron chi connectivity index (χ1n) is 9.48. The highest BCUT2D eigenvalue weighted by Crippen LogP contribution is 2.44. The van der Waals surface area contributed by atoms with Crippen LogP contribution >= 0.6 is 0 Å². The second kappa shape index (κ2) is 7.01. The second-order valence-corrected chi connectivity index (χ2v) is 13.3. The van der Waals surface area contributed by atoms with E-state index in [0.29, 0.717) is 6.42 Å². The van der Waals surface area contributed by atoms with Crippen molar-refractivity contribution in [3.8, 4) is 0 Å². The zero-order valence-electron chi connectivity index (χ0n) is 16.4. The lowest BCUT2D eigenvalue weighted by Gasteiger charge is -2.46. The van der Waals surface area contributed by atoms with Crippen LogP contribution < -0.4 is 10.4 Å². The van der Waals surface area contributed by atoms with E-state index in [4.69, 9.17) is 0 Å². The Balaban J connectivity index is 2.29. The minimum atomic E-state index is -2.35. The van der Waals surface area contributed by atoms with Gasteiger partial charge < -0.3 is 5.11 Å². The van der Waals surface area contributed by atoms with Crippen LogP contribution in [0.1, 0.15) is 34.1 Å². The molecule has 0 heterocycles. The van der Waals surface area contributed by atoms with Gasteiger partial charge in [0.25, 0.3) is 0 Å². The van der Waals surface area contributed by atoms with Crippen molar-refractivity contribution in [1.82, 2.24) is 0 Å². The number of aliphatic hydroxyl groups is 1. The van der Waals surface area contributed by atoms with Gasteiger partial charge in [-0.2, -0.15) is 0 Å². The maximum Gasteiger partial charge on any atom is 0.153 e. The maximum absolute atomic E-state index is 10.3. The predicted octanol–water partition coefficient (Wildman–Crippen LogP) is 4.47. The van der Waals surface area contributed by atoms with Crippen LogP contribution in [0, 0.1) is 5.92 Å². The summed E-state index contributed by atoms with van der Waals surface area (Å²) in [5.74, 6) is 0.194.